The first kappa shape index (κ1) is 78.5. The Morgan fingerprint density at radius 1 is 0.150 bits per heavy atom. The van der Waals surface area contributed by atoms with Gasteiger partial charge in [0, 0.05) is 114 Å². The zero-order valence-electron chi connectivity index (χ0n) is 68.5. The zero-order valence-corrected chi connectivity index (χ0v) is 68.5. The number of ether oxygens (including phenoxy) is 8. The molecule has 2 aromatic heterocycles. The Labute approximate surface area is 701 Å². The van der Waals surface area contributed by atoms with Crippen LogP contribution in [-0.4, -0.2) is 66.8 Å². The number of rotatable bonds is 29. The van der Waals surface area contributed by atoms with E-state index >= 15 is 0 Å². The van der Waals surface area contributed by atoms with Crippen LogP contribution >= 0.6 is 0 Å². The van der Waals surface area contributed by atoms with Gasteiger partial charge in [-0.05, 0) is 376 Å². The van der Waals surface area contributed by atoms with Gasteiger partial charge in [-0.2, -0.15) is 0 Å². The van der Waals surface area contributed by atoms with Gasteiger partial charge in [0.15, 0.2) is 0 Å². The van der Waals surface area contributed by atoms with Crippen LogP contribution in [0.3, 0.4) is 0 Å². The molecule has 120 heavy (non-hydrogen) atoms. The summed E-state index contributed by atoms with van der Waals surface area (Å²) in [5.74, 6) is 6.19. The van der Waals surface area contributed by atoms with Gasteiger partial charge in [-0.3, -0.25) is 9.97 Å². The fourth-order valence-corrected chi connectivity index (χ4v) is 15.1. The SMILES string of the molecule is COc1ccc(N(c2ccc(OC)cc2)c2ccc(N(c3ccc(-c4cc(C)nc(-c5cc(-c6ccc(N(c7ccc(N(c8ccc(OC)cc8)c8ccc(OC)cc8)cc7)c7ccc(N(c8ccc(OC)cc8)c8ccc(OC)cc8)cc7)cc6)cc(C)n5)c4)cc3)c3ccc(N(c4ccc(OC)cc4)c4ccc(OC)cc4)cc3)cc2)cc1. The zero-order chi connectivity index (χ0) is 82.6. The Morgan fingerprint density at radius 3 is 0.392 bits per heavy atom. The average molecular weight is 1580 g/mol. The highest BCUT2D eigenvalue weighted by atomic mass is 16.5. The van der Waals surface area contributed by atoms with E-state index in [1.807, 2.05) is 111 Å². The van der Waals surface area contributed by atoms with Crippen LogP contribution in [0.25, 0.3) is 33.6 Å². The number of aryl methyl sites for hydroxylation is 2. The van der Waals surface area contributed by atoms with Crippen LogP contribution < -0.4 is 67.3 Å². The summed E-state index contributed by atoms with van der Waals surface area (Å²) in [6.07, 6.45) is 0. The molecule has 0 fully saturated rings. The number of hydrogen-bond donors (Lipinski definition) is 0. The molecule has 594 valence electrons. The molecule has 0 atom stereocenters. The van der Waals surface area contributed by atoms with Crippen molar-refractivity contribution in [2.24, 2.45) is 0 Å². The summed E-state index contributed by atoms with van der Waals surface area (Å²) in [5.41, 5.74) is 24.7. The first-order valence-electron chi connectivity index (χ1n) is 39.4. The molecule has 0 aliphatic heterocycles. The van der Waals surface area contributed by atoms with Gasteiger partial charge < -0.3 is 67.3 Å². The van der Waals surface area contributed by atoms with E-state index in [0.717, 1.165) is 193 Å². The second kappa shape index (κ2) is 35.8. The van der Waals surface area contributed by atoms with E-state index in [-0.39, 0.29) is 0 Å². The fraction of sp³-hybridized carbons (Fsp3) is 0.0962. The molecule has 0 spiro atoms. The predicted molar refractivity (Wildman–Crippen MR) is 488 cm³/mol. The summed E-state index contributed by atoms with van der Waals surface area (Å²) in [6, 6.07) is 126. The molecule has 0 unspecified atom stereocenters. The summed E-state index contributed by atoms with van der Waals surface area (Å²) in [5, 5.41) is 0. The standard InChI is InChI=1S/C104H90N8O8/c1-71-67-75(73-11-15-77(16-12-73)107(79-19-27-83(28-20-79)109(87-35-51-95(113-3)52-36-87)88-37-53-96(114-4)54-38-88)80-21-29-84(30-22-80)110(89-39-55-97(115-5)56-40-89)90-41-57-98(116-6)58-42-90)69-103(105-71)104-70-76(68-72(2)106-104)74-13-17-78(18-14-74)108(81-23-31-85(32-24-81)111(91-43-59-99(117-7)60-44-91)92-45-61-100(118-8)62-46-92)82-25-33-86(34-26-82)112(93-47-63-101(119-9)64-48-93)94-49-65-102(120-10)66-50-94/h11-70H,1-10H3. The first-order chi connectivity index (χ1) is 58.8. The van der Waals surface area contributed by atoms with Gasteiger partial charge >= 0.3 is 0 Å². The van der Waals surface area contributed by atoms with E-state index in [2.05, 4.69) is 296 Å². The normalized spacial score (nSPS) is 10.9. The second-order valence-electron chi connectivity index (χ2n) is 28.5. The third kappa shape index (κ3) is 17.1. The van der Waals surface area contributed by atoms with E-state index in [9.17, 15) is 0 Å². The maximum atomic E-state index is 5.59. The van der Waals surface area contributed by atoms with Crippen LogP contribution in [0, 0.1) is 13.8 Å². The van der Waals surface area contributed by atoms with Crippen molar-refractivity contribution in [3.8, 4) is 79.6 Å². The van der Waals surface area contributed by atoms with Crippen LogP contribution in [0.5, 0.6) is 46.0 Å². The molecule has 0 radical (unpaired) electrons. The first-order valence-corrected chi connectivity index (χ1v) is 39.4. The molecule has 0 bridgehead atoms. The number of methoxy groups -OCH3 is 8. The average Bonchev–Trinajstić information content (AvgIpc) is 0.783. The Balaban J connectivity index is 0.729. The number of hydrogen-bond acceptors (Lipinski definition) is 16. The number of nitrogens with zero attached hydrogens (tertiary/aromatic N) is 8. The molecule has 16 nitrogen and oxygen atoms in total. The topological polar surface area (TPSA) is 119 Å². The molecule has 0 aliphatic rings. The predicted octanol–water partition coefficient (Wildman–Crippen LogP) is 27.0. The number of aromatic nitrogens is 2. The van der Waals surface area contributed by atoms with Crippen LogP contribution in [0.15, 0.2) is 364 Å². The summed E-state index contributed by atoms with van der Waals surface area (Å²) >= 11 is 0. The van der Waals surface area contributed by atoms with Crippen molar-refractivity contribution < 1.29 is 37.9 Å². The van der Waals surface area contributed by atoms with E-state index in [1.54, 1.807) is 56.9 Å². The van der Waals surface area contributed by atoms with E-state index in [4.69, 9.17) is 47.9 Å². The molecule has 16 rings (SSSR count). The molecular formula is C104H90N8O8. The van der Waals surface area contributed by atoms with Crippen LogP contribution in [-0.2, 0) is 0 Å². The molecule has 0 saturated carbocycles. The van der Waals surface area contributed by atoms with Crippen LogP contribution in [0.1, 0.15) is 11.4 Å². The quantitative estimate of drug-likeness (QED) is 0.0442. The van der Waals surface area contributed by atoms with Crippen LogP contribution in [0.2, 0.25) is 0 Å². The molecular weight excluding hydrogens is 1490 g/mol. The summed E-state index contributed by atoms with van der Waals surface area (Å²) < 4.78 is 44.7. The molecule has 16 aromatic rings. The Hall–Kier alpha value is -15.4. The summed E-state index contributed by atoms with van der Waals surface area (Å²) in [4.78, 5) is 23.8. The lowest BCUT2D eigenvalue weighted by Gasteiger charge is -2.29. The minimum absolute atomic E-state index is 0.766. The minimum atomic E-state index is 0.766. The maximum Gasteiger partial charge on any atom is 0.119 e. The summed E-state index contributed by atoms with van der Waals surface area (Å²) in [6.45, 7) is 4.09. The van der Waals surface area contributed by atoms with E-state index in [1.165, 1.54) is 0 Å². The highest BCUT2D eigenvalue weighted by molar-refractivity contribution is 5.88. The molecule has 0 N–H and O–H groups in total. The third-order valence-electron chi connectivity index (χ3n) is 21.2. The van der Waals surface area contributed by atoms with Gasteiger partial charge in [0.2, 0.25) is 0 Å². The smallest absolute Gasteiger partial charge is 0.119 e. The maximum absolute atomic E-state index is 5.59. The Kier molecular flexibility index (Phi) is 23.4. The van der Waals surface area contributed by atoms with E-state index < -0.39 is 0 Å². The van der Waals surface area contributed by atoms with Crippen molar-refractivity contribution in [3.63, 3.8) is 0 Å². The van der Waals surface area contributed by atoms with Crippen molar-refractivity contribution in [3.05, 3.63) is 375 Å². The lowest BCUT2D eigenvalue weighted by molar-refractivity contribution is 0.414. The van der Waals surface area contributed by atoms with Crippen LogP contribution in [0.4, 0.5) is 102 Å². The monoisotopic (exact) mass is 1580 g/mol. The van der Waals surface area contributed by atoms with Gasteiger partial charge in [-0.25, -0.2) is 0 Å². The van der Waals surface area contributed by atoms with Gasteiger partial charge in [-0.1, -0.05) is 24.3 Å². The van der Waals surface area contributed by atoms with Gasteiger partial charge in [-0.15, -0.1) is 0 Å². The van der Waals surface area contributed by atoms with Crippen molar-refractivity contribution in [1.82, 2.24) is 9.97 Å². The second-order valence-corrected chi connectivity index (χ2v) is 28.5. The van der Waals surface area contributed by atoms with Gasteiger partial charge in [0.25, 0.3) is 0 Å². The molecule has 2 heterocycles. The Morgan fingerprint density at radius 2 is 0.267 bits per heavy atom. The van der Waals surface area contributed by atoms with Crippen molar-refractivity contribution in [2.75, 3.05) is 86.3 Å². The van der Waals surface area contributed by atoms with Gasteiger partial charge in [0.05, 0.1) is 68.3 Å². The van der Waals surface area contributed by atoms with Crippen molar-refractivity contribution in [2.45, 2.75) is 13.8 Å². The third-order valence-corrected chi connectivity index (χ3v) is 21.2. The highest BCUT2D eigenvalue weighted by Crippen LogP contribution is 2.47. The molecule has 14 aromatic carbocycles. The lowest BCUT2D eigenvalue weighted by Crippen LogP contribution is -2.13. The molecule has 0 amide bonds. The molecule has 0 aliphatic carbocycles. The number of benzene rings is 14. The number of anilines is 18. The van der Waals surface area contributed by atoms with E-state index in [0.29, 0.717) is 0 Å². The fourth-order valence-electron chi connectivity index (χ4n) is 15.1. The van der Waals surface area contributed by atoms with Crippen molar-refractivity contribution >= 4 is 102 Å². The van der Waals surface area contributed by atoms with Gasteiger partial charge in [0.1, 0.15) is 46.0 Å². The minimum Gasteiger partial charge on any atom is -0.497 e. The highest BCUT2D eigenvalue weighted by Gasteiger charge is 2.24. The number of pyridine rings is 2. The summed E-state index contributed by atoms with van der Waals surface area (Å²) in [7, 11) is 13.5. The largest absolute Gasteiger partial charge is 0.497 e. The van der Waals surface area contributed by atoms with Crippen molar-refractivity contribution in [1.29, 1.82) is 0 Å². The molecule has 16 heteroatoms. The Bertz CT molecular complexity index is 5240. The lowest BCUT2D eigenvalue weighted by atomic mass is 10.0. The molecule has 0 saturated heterocycles.